The highest BCUT2D eigenvalue weighted by Gasteiger charge is 2.01. The fourth-order valence-corrected chi connectivity index (χ4v) is 2.24. The molecule has 2 rings (SSSR count). The second-order valence-corrected chi connectivity index (χ2v) is 6.30. The highest BCUT2D eigenvalue weighted by molar-refractivity contribution is 9.10. The number of hydrogen-bond donors (Lipinski definition) is 1. The van der Waals surface area contributed by atoms with Crippen LogP contribution in [0.15, 0.2) is 52.1 Å². The zero-order chi connectivity index (χ0) is 16.7. The first-order valence-corrected chi connectivity index (χ1v) is 8.22. The van der Waals surface area contributed by atoms with E-state index in [1.807, 2.05) is 12.1 Å². The minimum Gasteiger partial charge on any atom is -0.391 e. The SMILES string of the molecule is O=C(CC=NOCc1ccc(Cl)c(Cl)c1)Nc1ccc(Br)cc1. The smallest absolute Gasteiger partial charge is 0.229 e. The lowest BCUT2D eigenvalue weighted by molar-refractivity contribution is -0.115. The molecule has 0 heterocycles. The van der Waals surface area contributed by atoms with Crippen LogP contribution in [-0.4, -0.2) is 12.1 Å². The Labute approximate surface area is 152 Å². The van der Waals surface area contributed by atoms with E-state index in [9.17, 15) is 4.79 Å². The van der Waals surface area contributed by atoms with Crippen molar-refractivity contribution >= 4 is 56.9 Å². The third-order valence-electron chi connectivity index (χ3n) is 2.77. The lowest BCUT2D eigenvalue weighted by Crippen LogP contribution is -2.11. The average Bonchev–Trinajstić information content (AvgIpc) is 2.53. The van der Waals surface area contributed by atoms with Gasteiger partial charge in [-0.2, -0.15) is 0 Å². The van der Waals surface area contributed by atoms with E-state index in [0.29, 0.717) is 10.0 Å². The average molecular weight is 416 g/mol. The Kier molecular flexibility index (Phi) is 6.89. The summed E-state index contributed by atoms with van der Waals surface area (Å²) in [5, 5.41) is 7.45. The minimum atomic E-state index is -0.172. The minimum absolute atomic E-state index is 0.122. The van der Waals surface area contributed by atoms with Gasteiger partial charge >= 0.3 is 0 Å². The van der Waals surface area contributed by atoms with Gasteiger partial charge in [-0.3, -0.25) is 4.79 Å². The molecule has 0 saturated carbocycles. The fraction of sp³-hybridized carbons (Fsp3) is 0.125. The summed E-state index contributed by atoms with van der Waals surface area (Å²) in [5.41, 5.74) is 1.57. The van der Waals surface area contributed by atoms with E-state index in [4.69, 9.17) is 28.0 Å². The summed E-state index contributed by atoms with van der Waals surface area (Å²) in [4.78, 5) is 16.8. The molecule has 0 spiro atoms. The first-order valence-electron chi connectivity index (χ1n) is 6.68. The predicted molar refractivity (Wildman–Crippen MR) is 97.1 cm³/mol. The van der Waals surface area contributed by atoms with Crippen molar-refractivity contribution in [2.45, 2.75) is 13.0 Å². The van der Waals surface area contributed by atoms with Crippen molar-refractivity contribution in [1.29, 1.82) is 0 Å². The van der Waals surface area contributed by atoms with Crippen LogP contribution in [0.5, 0.6) is 0 Å². The fourth-order valence-electron chi connectivity index (χ4n) is 1.66. The molecular weight excluding hydrogens is 403 g/mol. The molecule has 0 atom stereocenters. The number of nitrogens with zero attached hydrogens (tertiary/aromatic N) is 1. The number of hydrogen-bond acceptors (Lipinski definition) is 3. The van der Waals surface area contributed by atoms with E-state index in [0.717, 1.165) is 15.7 Å². The monoisotopic (exact) mass is 414 g/mol. The van der Waals surface area contributed by atoms with Gasteiger partial charge < -0.3 is 10.2 Å². The van der Waals surface area contributed by atoms with Gasteiger partial charge in [-0.15, -0.1) is 0 Å². The molecule has 23 heavy (non-hydrogen) atoms. The Bertz CT molecular complexity index is 706. The molecule has 120 valence electrons. The maximum atomic E-state index is 11.7. The third-order valence-corrected chi connectivity index (χ3v) is 4.04. The van der Waals surface area contributed by atoms with Gasteiger partial charge in [0.1, 0.15) is 6.61 Å². The summed E-state index contributed by atoms with van der Waals surface area (Å²) < 4.78 is 0.952. The van der Waals surface area contributed by atoms with E-state index in [-0.39, 0.29) is 18.9 Å². The maximum absolute atomic E-state index is 11.7. The number of rotatable bonds is 6. The van der Waals surface area contributed by atoms with Crippen LogP contribution in [0, 0.1) is 0 Å². The number of benzene rings is 2. The summed E-state index contributed by atoms with van der Waals surface area (Å²) in [6.45, 7) is 0.252. The number of anilines is 1. The molecule has 0 bridgehead atoms. The van der Waals surface area contributed by atoms with Gasteiger partial charge in [-0.05, 0) is 42.0 Å². The second kappa shape index (κ2) is 8.91. The molecule has 2 aromatic rings. The number of nitrogens with one attached hydrogen (secondary N) is 1. The number of carbonyl (C=O) groups is 1. The quantitative estimate of drug-likeness (QED) is 0.514. The van der Waals surface area contributed by atoms with Gasteiger partial charge in [-0.1, -0.05) is 50.4 Å². The molecule has 0 saturated heterocycles. The van der Waals surface area contributed by atoms with Crippen LogP contribution in [0.3, 0.4) is 0 Å². The van der Waals surface area contributed by atoms with Gasteiger partial charge in [0, 0.05) is 10.2 Å². The second-order valence-electron chi connectivity index (χ2n) is 4.57. The predicted octanol–water partition coefficient (Wildman–Crippen LogP) is 5.29. The van der Waals surface area contributed by atoms with Crippen LogP contribution in [-0.2, 0) is 16.2 Å². The van der Waals surface area contributed by atoms with Crippen molar-refractivity contribution in [3.8, 4) is 0 Å². The first kappa shape index (κ1) is 17.8. The highest BCUT2D eigenvalue weighted by atomic mass is 79.9. The zero-order valence-electron chi connectivity index (χ0n) is 11.9. The van der Waals surface area contributed by atoms with Gasteiger partial charge in [0.05, 0.1) is 22.7 Å². The van der Waals surface area contributed by atoms with Crippen molar-refractivity contribution in [3.63, 3.8) is 0 Å². The molecule has 0 aliphatic rings. The van der Waals surface area contributed by atoms with Crippen LogP contribution in [0.1, 0.15) is 12.0 Å². The summed E-state index contributed by atoms with van der Waals surface area (Å²) >= 11 is 15.1. The van der Waals surface area contributed by atoms with E-state index in [1.54, 1.807) is 30.3 Å². The number of oxime groups is 1. The Hall–Kier alpha value is -1.56. The molecule has 0 aliphatic carbocycles. The summed E-state index contributed by atoms with van der Waals surface area (Å²) in [6, 6.07) is 12.5. The third kappa shape index (κ3) is 6.22. The van der Waals surface area contributed by atoms with Crippen LogP contribution in [0.2, 0.25) is 10.0 Å². The number of halogens is 3. The van der Waals surface area contributed by atoms with Crippen LogP contribution >= 0.6 is 39.1 Å². The molecule has 0 aliphatic heterocycles. The molecule has 1 N–H and O–H groups in total. The number of amides is 1. The van der Waals surface area contributed by atoms with Crippen molar-refractivity contribution in [2.24, 2.45) is 5.16 Å². The lowest BCUT2D eigenvalue weighted by atomic mass is 10.2. The molecule has 2 aromatic carbocycles. The maximum Gasteiger partial charge on any atom is 0.229 e. The number of carbonyl (C=O) groups excluding carboxylic acids is 1. The Balaban J connectivity index is 1.72. The lowest BCUT2D eigenvalue weighted by Gasteiger charge is -2.03. The topological polar surface area (TPSA) is 50.7 Å². The largest absolute Gasteiger partial charge is 0.391 e. The van der Waals surface area contributed by atoms with E-state index >= 15 is 0 Å². The molecule has 7 heteroatoms. The van der Waals surface area contributed by atoms with Gasteiger partial charge in [0.15, 0.2) is 0 Å². The zero-order valence-corrected chi connectivity index (χ0v) is 15.0. The normalized spacial score (nSPS) is 10.7. The molecule has 0 radical (unpaired) electrons. The van der Waals surface area contributed by atoms with Crippen LogP contribution in [0.4, 0.5) is 5.69 Å². The molecule has 1 amide bonds. The summed E-state index contributed by atoms with van der Waals surface area (Å²) in [6.07, 6.45) is 1.53. The van der Waals surface area contributed by atoms with E-state index in [1.165, 1.54) is 6.21 Å². The van der Waals surface area contributed by atoms with Crippen LogP contribution < -0.4 is 5.32 Å². The van der Waals surface area contributed by atoms with Gasteiger partial charge in [0.2, 0.25) is 5.91 Å². The Morgan fingerprint density at radius 1 is 1.17 bits per heavy atom. The van der Waals surface area contributed by atoms with E-state index in [2.05, 4.69) is 26.4 Å². The Morgan fingerprint density at radius 2 is 1.91 bits per heavy atom. The molecule has 4 nitrogen and oxygen atoms in total. The summed E-state index contributed by atoms with van der Waals surface area (Å²) in [5.74, 6) is -0.172. The molecule has 0 fully saturated rings. The standard InChI is InChI=1S/C16H13BrCl2N2O2/c17-12-2-4-13(5-3-12)21-16(22)7-8-20-23-10-11-1-6-14(18)15(19)9-11/h1-6,8-9H,7,10H2,(H,21,22). The molecular formula is C16H13BrCl2N2O2. The Morgan fingerprint density at radius 3 is 2.61 bits per heavy atom. The van der Waals surface area contributed by atoms with Crippen LogP contribution in [0.25, 0.3) is 0 Å². The van der Waals surface area contributed by atoms with Gasteiger partial charge in [0.25, 0.3) is 0 Å². The van der Waals surface area contributed by atoms with Gasteiger partial charge in [-0.25, -0.2) is 0 Å². The highest BCUT2D eigenvalue weighted by Crippen LogP contribution is 2.22. The van der Waals surface area contributed by atoms with E-state index < -0.39 is 0 Å². The van der Waals surface area contributed by atoms with Crippen molar-refractivity contribution in [2.75, 3.05) is 5.32 Å². The van der Waals surface area contributed by atoms with Crippen molar-refractivity contribution < 1.29 is 9.63 Å². The van der Waals surface area contributed by atoms with Crippen molar-refractivity contribution in [3.05, 3.63) is 62.5 Å². The van der Waals surface area contributed by atoms with Crippen molar-refractivity contribution in [1.82, 2.24) is 0 Å². The summed E-state index contributed by atoms with van der Waals surface area (Å²) in [7, 11) is 0. The molecule has 0 aromatic heterocycles. The first-order chi connectivity index (χ1) is 11.0. The molecule has 0 unspecified atom stereocenters.